The van der Waals surface area contributed by atoms with Gasteiger partial charge in [0, 0.05) is 31.1 Å². The summed E-state index contributed by atoms with van der Waals surface area (Å²) < 4.78 is 0. The summed E-state index contributed by atoms with van der Waals surface area (Å²) in [5.74, 6) is 0.540. The summed E-state index contributed by atoms with van der Waals surface area (Å²) in [5.41, 5.74) is 2.07. The van der Waals surface area contributed by atoms with Crippen molar-refractivity contribution in [1.29, 1.82) is 0 Å². The Balaban J connectivity index is 1.23. The van der Waals surface area contributed by atoms with Crippen molar-refractivity contribution >= 4 is 27.5 Å². The molecule has 1 fully saturated rings. The number of aryl methyl sites for hydroxylation is 2. The maximum atomic E-state index is 12.9. The number of nitrogens with zero attached hydrogens (tertiary/aromatic N) is 6. The van der Waals surface area contributed by atoms with E-state index in [4.69, 9.17) is 0 Å². The van der Waals surface area contributed by atoms with Gasteiger partial charge in [-0.1, -0.05) is 18.2 Å². The van der Waals surface area contributed by atoms with Crippen LogP contribution in [0.1, 0.15) is 26.8 Å². The van der Waals surface area contributed by atoms with E-state index in [9.17, 15) is 9.59 Å². The molecule has 1 N–H and O–H groups in total. The Morgan fingerprint density at radius 1 is 1.12 bits per heavy atom. The standard InChI is InChI=1S/C22H23N7O2S/c1-14-15(2)32-21-19(14)20(30)24-18(25-21)13-27-8-10-28(11-9-27)22(31)17-12-23-29(26-17)16-6-4-3-5-7-16/h3-7,12H,8-11,13H2,1-2H3,(H,24,25,30). The van der Waals surface area contributed by atoms with Crippen LogP contribution in [0.25, 0.3) is 15.9 Å². The predicted molar refractivity (Wildman–Crippen MR) is 122 cm³/mol. The molecule has 1 aliphatic rings. The fourth-order valence-corrected chi connectivity index (χ4v) is 4.95. The first kappa shape index (κ1) is 20.5. The highest BCUT2D eigenvalue weighted by Crippen LogP contribution is 2.25. The number of benzene rings is 1. The van der Waals surface area contributed by atoms with Gasteiger partial charge in [0.25, 0.3) is 11.5 Å². The van der Waals surface area contributed by atoms with E-state index in [0.717, 1.165) is 21.0 Å². The van der Waals surface area contributed by atoms with E-state index < -0.39 is 0 Å². The van der Waals surface area contributed by atoms with Crippen molar-refractivity contribution in [3.05, 3.63) is 68.8 Å². The van der Waals surface area contributed by atoms with Gasteiger partial charge in [-0.3, -0.25) is 14.5 Å². The van der Waals surface area contributed by atoms with E-state index in [-0.39, 0.29) is 11.5 Å². The molecule has 4 aromatic rings. The lowest BCUT2D eigenvalue weighted by Crippen LogP contribution is -2.48. The Kier molecular flexibility index (Phi) is 5.32. The molecule has 164 valence electrons. The van der Waals surface area contributed by atoms with Crippen LogP contribution >= 0.6 is 11.3 Å². The van der Waals surface area contributed by atoms with Crippen LogP contribution in [0, 0.1) is 13.8 Å². The molecule has 1 aromatic carbocycles. The quantitative estimate of drug-likeness (QED) is 0.512. The Morgan fingerprint density at radius 3 is 2.62 bits per heavy atom. The van der Waals surface area contributed by atoms with Crippen molar-refractivity contribution in [3.8, 4) is 5.69 Å². The zero-order valence-corrected chi connectivity index (χ0v) is 18.7. The fraction of sp³-hybridized carbons (Fsp3) is 0.318. The highest BCUT2D eigenvalue weighted by molar-refractivity contribution is 7.18. The van der Waals surface area contributed by atoms with E-state index in [2.05, 4.69) is 25.1 Å². The van der Waals surface area contributed by atoms with Gasteiger partial charge in [-0.25, -0.2) is 4.98 Å². The number of para-hydroxylation sites is 1. The van der Waals surface area contributed by atoms with Crippen LogP contribution in [0.2, 0.25) is 0 Å². The number of rotatable bonds is 4. The molecule has 0 saturated carbocycles. The maximum absolute atomic E-state index is 12.9. The molecule has 4 heterocycles. The molecular weight excluding hydrogens is 426 g/mol. The van der Waals surface area contributed by atoms with Gasteiger partial charge >= 0.3 is 0 Å². The molecule has 1 saturated heterocycles. The number of carbonyl (C=O) groups excluding carboxylic acids is 1. The van der Waals surface area contributed by atoms with Gasteiger partial charge in [0.2, 0.25) is 0 Å². The number of carbonyl (C=O) groups is 1. The van der Waals surface area contributed by atoms with Gasteiger partial charge in [-0.15, -0.1) is 16.4 Å². The zero-order chi connectivity index (χ0) is 22.2. The zero-order valence-electron chi connectivity index (χ0n) is 17.9. The highest BCUT2D eigenvalue weighted by Gasteiger charge is 2.25. The molecule has 0 unspecified atom stereocenters. The van der Waals surface area contributed by atoms with Gasteiger partial charge in [-0.05, 0) is 31.5 Å². The average molecular weight is 450 g/mol. The SMILES string of the molecule is Cc1sc2nc(CN3CCN(C(=O)c4cnn(-c5ccccc5)n4)CC3)[nH]c(=O)c2c1C. The number of hydrogen-bond acceptors (Lipinski definition) is 7. The third kappa shape index (κ3) is 3.82. The number of hydrogen-bond donors (Lipinski definition) is 1. The van der Waals surface area contributed by atoms with Crippen molar-refractivity contribution in [2.75, 3.05) is 26.2 Å². The number of nitrogens with one attached hydrogen (secondary N) is 1. The summed E-state index contributed by atoms with van der Waals surface area (Å²) in [6.45, 7) is 7.08. The van der Waals surface area contributed by atoms with Crippen LogP contribution in [0.4, 0.5) is 0 Å². The van der Waals surface area contributed by atoms with Crippen LogP contribution in [-0.4, -0.2) is 66.8 Å². The van der Waals surface area contributed by atoms with E-state index in [1.54, 1.807) is 16.2 Å². The molecule has 1 amide bonds. The van der Waals surface area contributed by atoms with E-state index in [1.165, 1.54) is 11.0 Å². The number of fused-ring (bicyclic) bond motifs is 1. The second kappa shape index (κ2) is 8.29. The summed E-state index contributed by atoms with van der Waals surface area (Å²) in [5, 5.41) is 9.25. The van der Waals surface area contributed by atoms with Crippen molar-refractivity contribution in [1.82, 2.24) is 34.8 Å². The summed E-state index contributed by atoms with van der Waals surface area (Å²) in [4.78, 5) is 40.3. The summed E-state index contributed by atoms with van der Waals surface area (Å²) in [6, 6.07) is 9.51. The second-order valence-electron chi connectivity index (χ2n) is 7.90. The summed E-state index contributed by atoms with van der Waals surface area (Å²) >= 11 is 1.55. The number of amides is 1. The third-order valence-electron chi connectivity index (χ3n) is 5.82. The third-order valence-corrected chi connectivity index (χ3v) is 6.92. The smallest absolute Gasteiger partial charge is 0.276 e. The first-order chi connectivity index (χ1) is 15.5. The Bertz CT molecular complexity index is 1330. The molecule has 0 radical (unpaired) electrons. The van der Waals surface area contributed by atoms with Crippen LogP contribution in [0.5, 0.6) is 0 Å². The van der Waals surface area contributed by atoms with Crippen LogP contribution < -0.4 is 5.56 Å². The minimum Gasteiger partial charge on any atom is -0.335 e. The number of aromatic amines is 1. The minimum atomic E-state index is -0.121. The Hall–Kier alpha value is -3.37. The fourth-order valence-electron chi connectivity index (χ4n) is 3.90. The van der Waals surface area contributed by atoms with E-state index in [1.807, 2.05) is 44.2 Å². The summed E-state index contributed by atoms with van der Waals surface area (Å²) in [7, 11) is 0. The highest BCUT2D eigenvalue weighted by atomic mass is 32.1. The molecular formula is C22H23N7O2S. The minimum absolute atomic E-state index is 0.0813. The number of piperazine rings is 1. The van der Waals surface area contributed by atoms with Gasteiger partial charge in [0.15, 0.2) is 5.69 Å². The molecule has 0 atom stereocenters. The first-order valence-corrected chi connectivity index (χ1v) is 11.3. The van der Waals surface area contributed by atoms with E-state index >= 15 is 0 Å². The largest absolute Gasteiger partial charge is 0.335 e. The molecule has 0 aliphatic carbocycles. The van der Waals surface area contributed by atoms with Gasteiger partial charge in [0.1, 0.15) is 10.7 Å². The molecule has 10 heteroatoms. The lowest BCUT2D eigenvalue weighted by atomic mass is 10.2. The number of thiophene rings is 1. The molecule has 0 bridgehead atoms. The normalized spacial score (nSPS) is 14.9. The Morgan fingerprint density at radius 2 is 1.88 bits per heavy atom. The maximum Gasteiger partial charge on any atom is 0.276 e. The Labute approximate surface area is 188 Å². The molecule has 0 spiro atoms. The van der Waals surface area contributed by atoms with Crippen molar-refractivity contribution in [2.45, 2.75) is 20.4 Å². The van der Waals surface area contributed by atoms with Gasteiger partial charge < -0.3 is 9.88 Å². The molecule has 3 aromatic heterocycles. The van der Waals surface area contributed by atoms with E-state index in [0.29, 0.717) is 49.6 Å². The van der Waals surface area contributed by atoms with Crippen LogP contribution in [0.3, 0.4) is 0 Å². The monoisotopic (exact) mass is 449 g/mol. The molecule has 5 rings (SSSR count). The van der Waals surface area contributed by atoms with Gasteiger partial charge in [-0.2, -0.15) is 9.90 Å². The van der Waals surface area contributed by atoms with Gasteiger partial charge in [0.05, 0.1) is 23.8 Å². The van der Waals surface area contributed by atoms with Crippen molar-refractivity contribution in [2.24, 2.45) is 0 Å². The number of H-pyrrole nitrogens is 1. The van der Waals surface area contributed by atoms with Crippen LogP contribution in [0.15, 0.2) is 41.3 Å². The van der Waals surface area contributed by atoms with Crippen LogP contribution in [-0.2, 0) is 6.54 Å². The lowest BCUT2D eigenvalue weighted by Gasteiger charge is -2.33. The lowest BCUT2D eigenvalue weighted by molar-refractivity contribution is 0.0619. The summed E-state index contributed by atoms with van der Waals surface area (Å²) in [6.07, 6.45) is 1.51. The molecule has 32 heavy (non-hydrogen) atoms. The van der Waals surface area contributed by atoms with Crippen molar-refractivity contribution < 1.29 is 4.79 Å². The molecule has 9 nitrogen and oxygen atoms in total. The average Bonchev–Trinajstić information content (AvgIpc) is 3.40. The molecule has 1 aliphatic heterocycles. The number of aromatic nitrogens is 5. The van der Waals surface area contributed by atoms with Crippen molar-refractivity contribution in [3.63, 3.8) is 0 Å². The first-order valence-electron chi connectivity index (χ1n) is 10.5. The topological polar surface area (TPSA) is 100 Å². The second-order valence-corrected chi connectivity index (χ2v) is 9.10. The predicted octanol–water partition coefficient (Wildman–Crippen LogP) is 2.14.